The highest BCUT2D eigenvalue weighted by Gasteiger charge is 2.57. The molecule has 10 heteroatoms. The number of nitrogens with zero attached hydrogens (tertiary/aromatic N) is 1. The summed E-state index contributed by atoms with van der Waals surface area (Å²) in [7, 11) is -0.744. The van der Waals surface area contributed by atoms with E-state index >= 15 is 0 Å². The van der Waals surface area contributed by atoms with E-state index in [2.05, 4.69) is 10.0 Å². The summed E-state index contributed by atoms with van der Waals surface area (Å²) in [6.45, 7) is 9.38. The van der Waals surface area contributed by atoms with Crippen molar-refractivity contribution in [2.45, 2.75) is 64.8 Å². The molecule has 0 unspecified atom stereocenters. The Labute approximate surface area is 218 Å². The zero-order valence-corrected chi connectivity index (χ0v) is 23.2. The Morgan fingerprint density at radius 1 is 0.919 bits per heavy atom. The number of amides is 2. The minimum Gasteiger partial charge on any atom is -0.480 e. The number of rotatable bonds is 9. The van der Waals surface area contributed by atoms with E-state index in [1.165, 1.54) is 4.90 Å². The highest BCUT2D eigenvalue weighted by Crippen LogP contribution is 2.47. The van der Waals surface area contributed by atoms with Gasteiger partial charge in [0.2, 0.25) is 11.8 Å². The molecule has 1 fully saturated rings. The van der Waals surface area contributed by atoms with Gasteiger partial charge in [0.25, 0.3) is 10.0 Å². The predicted octanol–water partition coefficient (Wildman–Crippen LogP) is 3.01. The van der Waals surface area contributed by atoms with Crippen molar-refractivity contribution in [2.24, 2.45) is 5.41 Å². The Morgan fingerprint density at radius 3 is 1.84 bits per heavy atom. The van der Waals surface area contributed by atoms with E-state index in [0.717, 1.165) is 16.7 Å². The lowest BCUT2D eigenvalue weighted by molar-refractivity contribution is -0.147. The van der Waals surface area contributed by atoms with Gasteiger partial charge in [-0.3, -0.25) is 14.3 Å². The molecule has 0 spiro atoms. The average Bonchev–Trinajstić information content (AvgIpc) is 3.63. The number of carboxylic acids is 1. The first kappa shape index (κ1) is 28.2. The van der Waals surface area contributed by atoms with Crippen LogP contribution in [0.1, 0.15) is 46.2 Å². The van der Waals surface area contributed by atoms with Crippen molar-refractivity contribution in [1.82, 2.24) is 10.2 Å². The molecule has 2 aromatic rings. The minimum atomic E-state index is -3.86. The summed E-state index contributed by atoms with van der Waals surface area (Å²) >= 11 is 0. The van der Waals surface area contributed by atoms with E-state index in [9.17, 15) is 27.9 Å². The first-order chi connectivity index (χ1) is 17.1. The van der Waals surface area contributed by atoms with Crippen molar-refractivity contribution >= 4 is 33.5 Å². The van der Waals surface area contributed by atoms with Crippen molar-refractivity contribution in [3.63, 3.8) is 0 Å². The van der Waals surface area contributed by atoms with Gasteiger partial charge in [-0.2, -0.15) is 0 Å². The summed E-state index contributed by atoms with van der Waals surface area (Å²) in [4.78, 5) is 38.6. The zero-order valence-electron chi connectivity index (χ0n) is 22.4. The maximum Gasteiger partial charge on any atom is 0.326 e. The molecule has 9 nitrogen and oxygen atoms in total. The quantitative estimate of drug-likeness (QED) is 0.428. The molecule has 0 aliphatic heterocycles. The molecule has 0 bridgehead atoms. The Morgan fingerprint density at radius 2 is 1.41 bits per heavy atom. The second kappa shape index (κ2) is 10.2. The summed E-state index contributed by atoms with van der Waals surface area (Å²) in [5, 5.41) is 12.2. The van der Waals surface area contributed by atoms with Crippen LogP contribution in [-0.2, 0) is 30.8 Å². The fraction of sp³-hybridized carbons (Fsp3) is 0.444. The number of anilines is 1. The smallest absolute Gasteiger partial charge is 0.326 e. The molecule has 0 radical (unpaired) electrons. The highest BCUT2D eigenvalue weighted by atomic mass is 32.2. The molecule has 37 heavy (non-hydrogen) atoms. The summed E-state index contributed by atoms with van der Waals surface area (Å²) in [5.41, 5.74) is 4.06. The van der Waals surface area contributed by atoms with Gasteiger partial charge in [-0.15, -0.1) is 0 Å². The lowest BCUT2D eigenvalue weighted by Gasteiger charge is -2.22. The van der Waals surface area contributed by atoms with Crippen molar-refractivity contribution in [3.05, 3.63) is 57.6 Å². The van der Waals surface area contributed by atoms with E-state index < -0.39 is 33.4 Å². The molecule has 3 N–H and O–H groups in total. The molecule has 3 rings (SSSR count). The molecule has 1 aliphatic rings. The maximum atomic E-state index is 13.3. The lowest BCUT2D eigenvalue weighted by Crippen LogP contribution is -2.49. The molecule has 1 saturated carbocycles. The van der Waals surface area contributed by atoms with Gasteiger partial charge in [-0.1, -0.05) is 12.1 Å². The van der Waals surface area contributed by atoms with Crippen LogP contribution in [0.3, 0.4) is 0 Å². The molecule has 1 atom stereocenters. The molecule has 0 saturated heterocycles. The van der Waals surface area contributed by atoms with Gasteiger partial charge in [0.05, 0.1) is 4.90 Å². The van der Waals surface area contributed by atoms with Gasteiger partial charge in [0, 0.05) is 26.2 Å². The number of benzene rings is 2. The van der Waals surface area contributed by atoms with Gasteiger partial charge < -0.3 is 15.3 Å². The molecule has 2 aromatic carbocycles. The number of hydrogen-bond acceptors (Lipinski definition) is 5. The molecule has 1 aliphatic carbocycles. The van der Waals surface area contributed by atoms with Gasteiger partial charge in [-0.25, -0.2) is 13.2 Å². The number of carbonyl (C=O) groups excluding carboxylic acids is 2. The number of nitrogens with one attached hydrogen (secondary N) is 2. The summed E-state index contributed by atoms with van der Waals surface area (Å²) < 4.78 is 29.2. The van der Waals surface area contributed by atoms with E-state index in [-0.39, 0.29) is 17.2 Å². The van der Waals surface area contributed by atoms with E-state index in [1.807, 2.05) is 20.8 Å². The SMILES string of the molecule is Cc1c(C)c(C)c(S(=O)(=O)Nc2ccc(C[C@H](NC(=O)C3(C(=O)N(C)C)CC3)C(=O)O)cc2)c(C)c1C. The van der Waals surface area contributed by atoms with Crippen molar-refractivity contribution in [1.29, 1.82) is 0 Å². The lowest BCUT2D eigenvalue weighted by atomic mass is 9.95. The van der Waals surface area contributed by atoms with Gasteiger partial charge >= 0.3 is 5.97 Å². The average molecular weight is 530 g/mol. The first-order valence-corrected chi connectivity index (χ1v) is 13.5. The predicted molar refractivity (Wildman–Crippen MR) is 141 cm³/mol. The highest BCUT2D eigenvalue weighted by molar-refractivity contribution is 7.92. The zero-order chi connectivity index (χ0) is 27.9. The monoisotopic (exact) mass is 529 g/mol. The topological polar surface area (TPSA) is 133 Å². The second-order valence-corrected chi connectivity index (χ2v) is 11.7. The standard InChI is InChI=1S/C27H35N3O6S/c1-15-16(2)18(4)23(19(5)17(15)3)37(35,36)29-21-10-8-20(9-11-21)14-22(24(31)32)28-25(33)27(12-13-27)26(34)30(6)7/h8-11,22,29H,12-14H2,1-7H3,(H,28,33)(H,31,32)/t22-/m0/s1. The van der Waals surface area contributed by atoms with Crippen LogP contribution in [-0.4, -0.2) is 56.3 Å². The Hall–Kier alpha value is -3.40. The van der Waals surface area contributed by atoms with Crippen molar-refractivity contribution in [3.8, 4) is 0 Å². The molecule has 0 heterocycles. The Bertz CT molecular complexity index is 1330. The molecule has 2 amide bonds. The third-order valence-corrected chi connectivity index (χ3v) is 9.10. The number of carbonyl (C=O) groups is 3. The van der Waals surface area contributed by atoms with Crippen LogP contribution in [0.15, 0.2) is 29.2 Å². The van der Waals surface area contributed by atoms with Gasteiger partial charge in [-0.05, 0) is 93.0 Å². The van der Waals surface area contributed by atoms with Crippen LogP contribution in [0, 0.1) is 40.0 Å². The first-order valence-electron chi connectivity index (χ1n) is 12.1. The van der Waals surface area contributed by atoms with Crippen LogP contribution in [0.5, 0.6) is 0 Å². The second-order valence-electron chi connectivity index (χ2n) is 10.1. The molecular formula is C27H35N3O6S. The molecule has 0 aromatic heterocycles. The Balaban J connectivity index is 1.76. The Kier molecular flexibility index (Phi) is 7.74. The molecular weight excluding hydrogens is 494 g/mol. The third-order valence-electron chi connectivity index (χ3n) is 7.45. The van der Waals surface area contributed by atoms with Crippen LogP contribution >= 0.6 is 0 Å². The molecule has 200 valence electrons. The van der Waals surface area contributed by atoms with Crippen LogP contribution < -0.4 is 10.0 Å². The van der Waals surface area contributed by atoms with E-state index in [1.54, 1.807) is 52.2 Å². The fourth-order valence-corrected chi connectivity index (χ4v) is 6.27. The minimum absolute atomic E-state index is 0.0189. The van der Waals surface area contributed by atoms with E-state index in [0.29, 0.717) is 35.2 Å². The maximum absolute atomic E-state index is 13.3. The summed E-state index contributed by atoms with van der Waals surface area (Å²) in [6.07, 6.45) is 0.751. The van der Waals surface area contributed by atoms with Crippen LogP contribution in [0.4, 0.5) is 5.69 Å². The number of carboxylic acid groups (broad SMARTS) is 1. The fourth-order valence-electron chi connectivity index (χ4n) is 4.61. The van der Waals surface area contributed by atoms with Gasteiger partial charge in [0.1, 0.15) is 11.5 Å². The van der Waals surface area contributed by atoms with Gasteiger partial charge in [0.15, 0.2) is 0 Å². The van der Waals surface area contributed by atoms with Crippen LogP contribution in [0.2, 0.25) is 0 Å². The third kappa shape index (κ3) is 5.49. The largest absolute Gasteiger partial charge is 0.480 e. The summed E-state index contributed by atoms with van der Waals surface area (Å²) in [6, 6.07) is 5.12. The number of aliphatic carboxylic acids is 1. The van der Waals surface area contributed by atoms with Crippen molar-refractivity contribution < 1.29 is 27.9 Å². The number of sulfonamides is 1. The van der Waals surface area contributed by atoms with E-state index in [4.69, 9.17) is 0 Å². The summed E-state index contributed by atoms with van der Waals surface area (Å²) in [5.74, 6) is -2.14. The van der Waals surface area contributed by atoms with Crippen molar-refractivity contribution in [2.75, 3.05) is 18.8 Å². The number of hydrogen-bond donors (Lipinski definition) is 3. The normalized spacial score (nSPS) is 15.0. The van der Waals surface area contributed by atoms with Crippen LogP contribution in [0.25, 0.3) is 0 Å².